The number of carbonyl (C=O) groups is 2. The van der Waals surface area contributed by atoms with Gasteiger partial charge in [-0.15, -0.1) is 0 Å². The van der Waals surface area contributed by atoms with Gasteiger partial charge in [-0.1, -0.05) is 25.8 Å². The first-order valence-electron chi connectivity index (χ1n) is 10.2. The normalized spacial score (nSPS) is 17.5. The summed E-state index contributed by atoms with van der Waals surface area (Å²) in [6, 6.07) is 0. The Balaban J connectivity index is 1.54. The third-order valence-electron chi connectivity index (χ3n) is 4.98. The number of hydrogen-bond donors (Lipinski definition) is 0. The maximum absolute atomic E-state index is 12.2. The van der Waals surface area contributed by atoms with Crippen LogP contribution in [0, 0.1) is 5.92 Å². The molecule has 0 unspecified atom stereocenters. The molecule has 1 saturated carbocycles. The minimum Gasteiger partial charge on any atom is -0.498 e. The van der Waals surface area contributed by atoms with Crippen LogP contribution in [0.3, 0.4) is 0 Å². The molecule has 150 valence electrons. The summed E-state index contributed by atoms with van der Waals surface area (Å²) in [5.41, 5.74) is 0. The lowest BCUT2D eigenvalue weighted by molar-refractivity contribution is -0.145. The SMILES string of the molecule is C=CC(=O)OCCCCCCOC1=CC=C(OC(=O)C2CCCCC2)CC1. The van der Waals surface area contributed by atoms with Gasteiger partial charge in [-0.25, -0.2) is 4.79 Å². The van der Waals surface area contributed by atoms with E-state index in [9.17, 15) is 9.59 Å². The van der Waals surface area contributed by atoms with Crippen LogP contribution in [0.25, 0.3) is 0 Å². The molecule has 0 amide bonds. The minimum absolute atomic E-state index is 0.0579. The Hall–Kier alpha value is -2.04. The molecule has 2 aliphatic carbocycles. The first-order valence-corrected chi connectivity index (χ1v) is 10.2. The molecule has 0 N–H and O–H groups in total. The molecule has 0 spiro atoms. The van der Waals surface area contributed by atoms with E-state index in [1.165, 1.54) is 12.5 Å². The van der Waals surface area contributed by atoms with Crippen LogP contribution in [-0.2, 0) is 23.8 Å². The maximum Gasteiger partial charge on any atom is 0.330 e. The fraction of sp³-hybridized carbons (Fsp3) is 0.636. The van der Waals surface area contributed by atoms with Crippen molar-refractivity contribution in [1.29, 1.82) is 0 Å². The minimum atomic E-state index is -0.362. The molecule has 2 aliphatic rings. The molecule has 5 nitrogen and oxygen atoms in total. The van der Waals surface area contributed by atoms with Crippen LogP contribution in [0.4, 0.5) is 0 Å². The highest BCUT2D eigenvalue weighted by molar-refractivity contribution is 5.81. The molecule has 0 aromatic heterocycles. The maximum atomic E-state index is 12.2. The standard InChI is InChI=1S/C22H32O5/c1-2-21(23)26-17-9-4-3-8-16-25-19-12-14-20(15-13-19)27-22(24)18-10-6-5-7-11-18/h2,12,14,18H,1,3-11,13,15-17H2. The summed E-state index contributed by atoms with van der Waals surface area (Å²) in [5, 5.41) is 0. The van der Waals surface area contributed by atoms with Crippen molar-refractivity contribution < 1.29 is 23.8 Å². The number of unbranched alkanes of at least 4 members (excludes halogenated alkanes) is 3. The number of allylic oxidation sites excluding steroid dienone is 4. The van der Waals surface area contributed by atoms with Crippen LogP contribution in [0.2, 0.25) is 0 Å². The summed E-state index contributed by atoms with van der Waals surface area (Å²) in [5.74, 6) is 1.37. The van der Waals surface area contributed by atoms with E-state index in [0.717, 1.165) is 75.7 Å². The van der Waals surface area contributed by atoms with Gasteiger partial charge in [-0.3, -0.25) is 4.79 Å². The van der Waals surface area contributed by atoms with E-state index in [1.807, 2.05) is 12.2 Å². The Morgan fingerprint density at radius 3 is 2.30 bits per heavy atom. The van der Waals surface area contributed by atoms with Crippen molar-refractivity contribution in [3.8, 4) is 0 Å². The van der Waals surface area contributed by atoms with E-state index in [-0.39, 0.29) is 17.9 Å². The summed E-state index contributed by atoms with van der Waals surface area (Å²) in [7, 11) is 0. The van der Waals surface area contributed by atoms with Gasteiger partial charge < -0.3 is 14.2 Å². The summed E-state index contributed by atoms with van der Waals surface area (Å²) in [6.07, 6.45) is 15.8. The van der Waals surface area contributed by atoms with E-state index in [2.05, 4.69) is 6.58 Å². The van der Waals surface area contributed by atoms with E-state index in [1.54, 1.807) is 0 Å². The molecule has 0 aliphatic heterocycles. The summed E-state index contributed by atoms with van der Waals surface area (Å²) in [6.45, 7) is 4.49. The van der Waals surface area contributed by atoms with Gasteiger partial charge in [-0.2, -0.15) is 0 Å². The van der Waals surface area contributed by atoms with E-state index in [4.69, 9.17) is 14.2 Å². The van der Waals surface area contributed by atoms with Gasteiger partial charge in [0.25, 0.3) is 0 Å². The van der Waals surface area contributed by atoms with Gasteiger partial charge in [0.15, 0.2) is 0 Å². The molecule has 0 atom stereocenters. The topological polar surface area (TPSA) is 61.8 Å². The fourth-order valence-corrected chi connectivity index (χ4v) is 3.35. The number of hydrogen-bond acceptors (Lipinski definition) is 5. The highest BCUT2D eigenvalue weighted by Crippen LogP contribution is 2.27. The molecule has 0 aromatic carbocycles. The average molecular weight is 376 g/mol. The van der Waals surface area contributed by atoms with Crippen LogP contribution < -0.4 is 0 Å². The van der Waals surface area contributed by atoms with Crippen LogP contribution in [0.15, 0.2) is 36.3 Å². The second-order valence-corrected chi connectivity index (χ2v) is 7.16. The van der Waals surface area contributed by atoms with Crippen molar-refractivity contribution in [1.82, 2.24) is 0 Å². The zero-order chi connectivity index (χ0) is 19.3. The summed E-state index contributed by atoms with van der Waals surface area (Å²) < 4.78 is 16.3. The molecule has 27 heavy (non-hydrogen) atoms. The number of ether oxygens (including phenoxy) is 3. The van der Waals surface area contributed by atoms with Gasteiger partial charge in [0.2, 0.25) is 0 Å². The van der Waals surface area contributed by atoms with Gasteiger partial charge in [-0.05, 0) is 50.7 Å². The molecule has 1 fully saturated rings. The lowest BCUT2D eigenvalue weighted by Crippen LogP contribution is -2.20. The molecule has 5 heteroatoms. The Labute approximate surface area is 162 Å². The Morgan fingerprint density at radius 1 is 0.963 bits per heavy atom. The smallest absolute Gasteiger partial charge is 0.330 e. The predicted octanol–water partition coefficient (Wildman–Crippen LogP) is 4.98. The lowest BCUT2D eigenvalue weighted by Gasteiger charge is -2.21. The van der Waals surface area contributed by atoms with E-state index < -0.39 is 0 Å². The molecule has 2 rings (SSSR count). The Kier molecular flexibility index (Phi) is 9.74. The predicted molar refractivity (Wildman–Crippen MR) is 104 cm³/mol. The van der Waals surface area contributed by atoms with E-state index >= 15 is 0 Å². The monoisotopic (exact) mass is 376 g/mol. The zero-order valence-electron chi connectivity index (χ0n) is 16.3. The fourth-order valence-electron chi connectivity index (χ4n) is 3.35. The highest BCUT2D eigenvalue weighted by atomic mass is 16.5. The van der Waals surface area contributed by atoms with Crippen molar-refractivity contribution in [2.24, 2.45) is 5.92 Å². The summed E-state index contributed by atoms with van der Waals surface area (Å²) >= 11 is 0. The lowest BCUT2D eigenvalue weighted by atomic mass is 9.89. The average Bonchev–Trinajstić information content (AvgIpc) is 2.71. The summed E-state index contributed by atoms with van der Waals surface area (Å²) in [4.78, 5) is 23.1. The molecule has 0 radical (unpaired) electrons. The Morgan fingerprint density at radius 2 is 1.63 bits per heavy atom. The van der Waals surface area contributed by atoms with Crippen molar-refractivity contribution in [2.75, 3.05) is 13.2 Å². The van der Waals surface area contributed by atoms with Gasteiger partial charge in [0, 0.05) is 18.9 Å². The van der Waals surface area contributed by atoms with Crippen LogP contribution in [0.5, 0.6) is 0 Å². The quantitative estimate of drug-likeness (QED) is 0.289. The van der Waals surface area contributed by atoms with Crippen LogP contribution in [-0.4, -0.2) is 25.2 Å². The van der Waals surface area contributed by atoms with Crippen molar-refractivity contribution in [3.05, 3.63) is 36.3 Å². The molecule has 0 aromatic rings. The number of esters is 2. The number of carbonyl (C=O) groups excluding carboxylic acids is 2. The first-order chi connectivity index (χ1) is 13.2. The molecule has 0 heterocycles. The third kappa shape index (κ3) is 8.46. The zero-order valence-corrected chi connectivity index (χ0v) is 16.3. The first kappa shape index (κ1) is 21.3. The number of rotatable bonds is 11. The van der Waals surface area contributed by atoms with E-state index in [0.29, 0.717) is 13.2 Å². The van der Waals surface area contributed by atoms with Gasteiger partial charge >= 0.3 is 11.9 Å². The van der Waals surface area contributed by atoms with Crippen molar-refractivity contribution >= 4 is 11.9 Å². The van der Waals surface area contributed by atoms with Crippen molar-refractivity contribution in [2.45, 2.75) is 70.6 Å². The molecular weight excluding hydrogens is 344 g/mol. The molecule has 0 saturated heterocycles. The highest BCUT2D eigenvalue weighted by Gasteiger charge is 2.24. The van der Waals surface area contributed by atoms with Crippen LogP contribution >= 0.6 is 0 Å². The Bertz CT molecular complexity index is 555. The van der Waals surface area contributed by atoms with Crippen LogP contribution in [0.1, 0.15) is 70.6 Å². The van der Waals surface area contributed by atoms with Crippen molar-refractivity contribution in [3.63, 3.8) is 0 Å². The second kappa shape index (κ2) is 12.4. The van der Waals surface area contributed by atoms with Gasteiger partial charge in [0.1, 0.15) is 5.76 Å². The molecular formula is C22H32O5. The molecule has 0 bridgehead atoms. The largest absolute Gasteiger partial charge is 0.498 e. The van der Waals surface area contributed by atoms with Gasteiger partial charge in [0.05, 0.1) is 24.9 Å². The second-order valence-electron chi connectivity index (χ2n) is 7.16. The third-order valence-corrected chi connectivity index (χ3v) is 4.98.